The molecule has 5 heteroatoms. The maximum Gasteiger partial charge on any atom is 0.306 e. The van der Waals surface area contributed by atoms with Crippen LogP contribution in [0.4, 0.5) is 0 Å². The first-order valence-electron chi connectivity index (χ1n) is 7.71. The first-order chi connectivity index (χ1) is 10.5. The van der Waals surface area contributed by atoms with E-state index in [4.69, 9.17) is 5.11 Å². The summed E-state index contributed by atoms with van der Waals surface area (Å²) in [5, 5.41) is 8.99. The van der Waals surface area contributed by atoms with E-state index < -0.39 is 5.97 Å². The number of aliphatic carboxylic acids is 1. The highest BCUT2D eigenvalue weighted by atomic mass is 16.4. The maximum atomic E-state index is 12.3. The van der Waals surface area contributed by atoms with Crippen LogP contribution in [0.3, 0.4) is 0 Å². The lowest BCUT2D eigenvalue weighted by Crippen LogP contribution is -2.43. The van der Waals surface area contributed by atoms with Crippen molar-refractivity contribution in [3.8, 4) is 0 Å². The molecule has 0 spiro atoms. The molecule has 0 bridgehead atoms. The molecule has 1 N–H and O–H groups in total. The Morgan fingerprint density at radius 1 is 1.27 bits per heavy atom. The van der Waals surface area contributed by atoms with Gasteiger partial charge in [-0.2, -0.15) is 0 Å². The molecule has 2 rings (SSSR count). The quantitative estimate of drug-likeness (QED) is 0.900. The van der Waals surface area contributed by atoms with Crippen molar-refractivity contribution in [1.82, 2.24) is 9.80 Å². The van der Waals surface area contributed by atoms with Gasteiger partial charge in [0.25, 0.3) is 0 Å². The lowest BCUT2D eigenvalue weighted by atomic mass is 9.97. The van der Waals surface area contributed by atoms with E-state index in [9.17, 15) is 9.59 Å². The van der Waals surface area contributed by atoms with E-state index in [1.54, 1.807) is 4.90 Å². The largest absolute Gasteiger partial charge is 0.481 e. The highest BCUT2D eigenvalue weighted by Gasteiger charge is 2.26. The molecule has 1 aliphatic rings. The molecule has 120 valence electrons. The number of amides is 1. The first-order valence-corrected chi connectivity index (χ1v) is 7.71. The van der Waals surface area contributed by atoms with Crippen LogP contribution >= 0.6 is 0 Å². The molecule has 1 aromatic rings. The van der Waals surface area contributed by atoms with E-state index in [0.717, 1.165) is 5.56 Å². The van der Waals surface area contributed by atoms with Crippen LogP contribution in [0.1, 0.15) is 24.0 Å². The van der Waals surface area contributed by atoms with Crippen molar-refractivity contribution in [2.75, 3.05) is 26.7 Å². The fraction of sp³-hybridized carbons (Fsp3) is 0.529. The Kier molecular flexibility index (Phi) is 5.55. The van der Waals surface area contributed by atoms with Crippen molar-refractivity contribution in [2.24, 2.45) is 5.92 Å². The van der Waals surface area contributed by atoms with Crippen molar-refractivity contribution in [1.29, 1.82) is 0 Å². The van der Waals surface area contributed by atoms with Gasteiger partial charge in [-0.3, -0.25) is 14.5 Å². The van der Waals surface area contributed by atoms with Gasteiger partial charge in [0.2, 0.25) is 5.91 Å². The zero-order valence-electron chi connectivity index (χ0n) is 13.3. The molecule has 0 unspecified atom stereocenters. The number of hydrogen-bond donors (Lipinski definition) is 1. The van der Waals surface area contributed by atoms with E-state index in [1.165, 1.54) is 5.56 Å². The third-order valence-corrected chi connectivity index (χ3v) is 4.39. The zero-order valence-corrected chi connectivity index (χ0v) is 13.3. The summed E-state index contributed by atoms with van der Waals surface area (Å²) in [6.07, 6.45) is 1.26. The molecule has 0 saturated carbocycles. The molecule has 5 nitrogen and oxygen atoms in total. The minimum atomic E-state index is -0.720. The standard InChI is InChI=1S/C17H24N2O3/c1-13-5-3-4-6-15(13)11-18(2)16(20)12-19-9-7-14(8-10-19)17(21)22/h3-6,14H,7-12H2,1-2H3,(H,21,22). The SMILES string of the molecule is Cc1ccccc1CN(C)C(=O)CN1CCC(C(=O)O)CC1. The second kappa shape index (κ2) is 7.40. The third-order valence-electron chi connectivity index (χ3n) is 4.39. The second-order valence-corrected chi connectivity index (χ2v) is 6.06. The molecule has 1 amide bonds. The Labute approximate surface area is 131 Å². The van der Waals surface area contributed by atoms with Gasteiger partial charge < -0.3 is 10.0 Å². The Bertz CT molecular complexity index is 536. The van der Waals surface area contributed by atoms with Crippen LogP contribution in [-0.2, 0) is 16.1 Å². The predicted molar refractivity (Wildman–Crippen MR) is 84.5 cm³/mol. The summed E-state index contributed by atoms with van der Waals surface area (Å²) < 4.78 is 0. The summed E-state index contributed by atoms with van der Waals surface area (Å²) in [6, 6.07) is 8.06. The maximum absolute atomic E-state index is 12.3. The van der Waals surface area contributed by atoms with Gasteiger partial charge in [-0.1, -0.05) is 24.3 Å². The average Bonchev–Trinajstić information content (AvgIpc) is 2.50. The monoisotopic (exact) mass is 304 g/mol. The van der Waals surface area contributed by atoms with Crippen LogP contribution in [0.2, 0.25) is 0 Å². The number of likely N-dealkylation sites (tertiary alicyclic amines) is 1. The molecule has 0 radical (unpaired) electrons. The van der Waals surface area contributed by atoms with Crippen LogP contribution in [0.5, 0.6) is 0 Å². The number of carboxylic acids is 1. The van der Waals surface area contributed by atoms with Gasteiger partial charge in [-0.05, 0) is 44.0 Å². The number of benzene rings is 1. The van der Waals surface area contributed by atoms with E-state index >= 15 is 0 Å². The van der Waals surface area contributed by atoms with Gasteiger partial charge in [-0.15, -0.1) is 0 Å². The summed E-state index contributed by atoms with van der Waals surface area (Å²) in [4.78, 5) is 27.0. The average molecular weight is 304 g/mol. The molecule has 1 saturated heterocycles. The van der Waals surface area contributed by atoms with E-state index in [1.807, 2.05) is 38.2 Å². The molecule has 1 aromatic carbocycles. The van der Waals surface area contributed by atoms with Crippen molar-refractivity contribution >= 4 is 11.9 Å². The fourth-order valence-corrected chi connectivity index (χ4v) is 2.78. The van der Waals surface area contributed by atoms with Gasteiger partial charge >= 0.3 is 5.97 Å². The molecule has 0 atom stereocenters. The summed E-state index contributed by atoms with van der Waals surface area (Å²) in [5.41, 5.74) is 2.34. The Balaban J connectivity index is 1.82. The lowest BCUT2D eigenvalue weighted by Gasteiger charge is -2.30. The number of carbonyl (C=O) groups excluding carboxylic acids is 1. The topological polar surface area (TPSA) is 60.9 Å². The number of aryl methyl sites for hydroxylation is 1. The lowest BCUT2D eigenvalue weighted by molar-refractivity contribution is -0.143. The minimum absolute atomic E-state index is 0.0806. The number of rotatable bonds is 5. The van der Waals surface area contributed by atoms with Gasteiger partial charge in [0, 0.05) is 13.6 Å². The fourth-order valence-electron chi connectivity index (χ4n) is 2.78. The van der Waals surface area contributed by atoms with E-state index in [0.29, 0.717) is 39.0 Å². The molecule has 22 heavy (non-hydrogen) atoms. The number of carboxylic acid groups (broad SMARTS) is 1. The van der Waals surface area contributed by atoms with E-state index in [-0.39, 0.29) is 11.8 Å². The number of hydrogen-bond acceptors (Lipinski definition) is 3. The highest BCUT2D eigenvalue weighted by molar-refractivity contribution is 5.78. The third kappa shape index (κ3) is 4.31. The minimum Gasteiger partial charge on any atom is -0.481 e. The van der Waals surface area contributed by atoms with Gasteiger partial charge in [0.05, 0.1) is 12.5 Å². The number of carbonyl (C=O) groups is 2. The van der Waals surface area contributed by atoms with Crippen LogP contribution in [0.25, 0.3) is 0 Å². The molecule has 0 aliphatic carbocycles. The molecular weight excluding hydrogens is 280 g/mol. The zero-order chi connectivity index (χ0) is 16.1. The van der Waals surface area contributed by atoms with Crippen LogP contribution in [-0.4, -0.2) is 53.5 Å². The first kappa shape index (κ1) is 16.5. The summed E-state index contributed by atoms with van der Waals surface area (Å²) in [7, 11) is 1.82. The van der Waals surface area contributed by atoms with Crippen LogP contribution < -0.4 is 0 Å². The normalized spacial score (nSPS) is 16.5. The van der Waals surface area contributed by atoms with Crippen LogP contribution in [0.15, 0.2) is 24.3 Å². The molecular formula is C17H24N2O3. The summed E-state index contributed by atoms with van der Waals surface area (Å²) in [6.45, 7) is 4.39. The predicted octanol–water partition coefficient (Wildman–Crippen LogP) is 1.75. The smallest absolute Gasteiger partial charge is 0.306 e. The van der Waals surface area contributed by atoms with Crippen LogP contribution in [0, 0.1) is 12.8 Å². The van der Waals surface area contributed by atoms with Gasteiger partial charge in [-0.25, -0.2) is 0 Å². The Hall–Kier alpha value is -1.88. The summed E-state index contributed by atoms with van der Waals surface area (Å²) >= 11 is 0. The molecule has 1 aliphatic heterocycles. The van der Waals surface area contributed by atoms with E-state index in [2.05, 4.69) is 4.90 Å². The molecule has 0 aromatic heterocycles. The highest BCUT2D eigenvalue weighted by Crippen LogP contribution is 2.17. The van der Waals surface area contributed by atoms with Crippen molar-refractivity contribution in [3.05, 3.63) is 35.4 Å². The Morgan fingerprint density at radius 2 is 1.91 bits per heavy atom. The number of nitrogens with zero attached hydrogens (tertiary/aromatic N) is 2. The van der Waals surface area contributed by atoms with Crippen molar-refractivity contribution in [2.45, 2.75) is 26.3 Å². The molecule has 1 fully saturated rings. The van der Waals surface area contributed by atoms with Gasteiger partial charge in [0.1, 0.15) is 0 Å². The van der Waals surface area contributed by atoms with Crippen molar-refractivity contribution < 1.29 is 14.7 Å². The van der Waals surface area contributed by atoms with Gasteiger partial charge in [0.15, 0.2) is 0 Å². The Morgan fingerprint density at radius 3 is 2.50 bits per heavy atom. The number of piperidine rings is 1. The number of likely N-dealkylation sites (N-methyl/N-ethyl adjacent to an activating group) is 1. The summed E-state index contributed by atoms with van der Waals surface area (Å²) in [5.74, 6) is -0.893. The second-order valence-electron chi connectivity index (χ2n) is 6.06. The molecule has 1 heterocycles. The van der Waals surface area contributed by atoms with Crippen molar-refractivity contribution in [3.63, 3.8) is 0 Å².